The lowest BCUT2D eigenvalue weighted by Crippen LogP contribution is -2.28. The maximum Gasteiger partial charge on any atom is 0.252 e. The molecular weight excluding hydrogens is 402 g/mol. The number of pyridine rings is 1. The number of anilines is 1. The quantitative estimate of drug-likeness (QED) is 0.422. The van der Waals surface area contributed by atoms with E-state index in [9.17, 15) is 9.59 Å². The molecule has 2 N–H and O–H groups in total. The first-order valence-corrected chi connectivity index (χ1v) is 10.3. The molecule has 0 saturated carbocycles. The highest BCUT2D eigenvalue weighted by atomic mass is 16.5. The fourth-order valence-electron chi connectivity index (χ4n) is 3.42. The van der Waals surface area contributed by atoms with Crippen molar-refractivity contribution in [1.82, 2.24) is 10.3 Å². The predicted molar refractivity (Wildman–Crippen MR) is 126 cm³/mol. The van der Waals surface area contributed by atoms with Crippen molar-refractivity contribution in [2.24, 2.45) is 0 Å². The number of para-hydroxylation sites is 1. The van der Waals surface area contributed by atoms with Crippen molar-refractivity contribution in [3.63, 3.8) is 0 Å². The Labute approximate surface area is 186 Å². The Kier molecular flexibility index (Phi) is 6.41. The number of benzene rings is 3. The van der Waals surface area contributed by atoms with Crippen molar-refractivity contribution in [3.05, 3.63) is 90.5 Å². The van der Waals surface area contributed by atoms with Crippen LogP contribution in [0.4, 0.5) is 5.69 Å². The molecule has 1 aromatic heterocycles. The molecular formula is C26H23N3O3. The van der Waals surface area contributed by atoms with Crippen LogP contribution in [0.1, 0.15) is 17.3 Å². The number of rotatable bonds is 7. The van der Waals surface area contributed by atoms with Crippen molar-refractivity contribution in [2.75, 3.05) is 18.5 Å². The zero-order chi connectivity index (χ0) is 22.3. The molecule has 0 unspecified atom stereocenters. The summed E-state index contributed by atoms with van der Waals surface area (Å²) < 4.78 is 5.72. The maximum atomic E-state index is 13.0. The molecule has 1 heterocycles. The highest BCUT2D eigenvalue weighted by molar-refractivity contribution is 6.07. The van der Waals surface area contributed by atoms with E-state index in [4.69, 9.17) is 9.72 Å². The van der Waals surface area contributed by atoms with Gasteiger partial charge in [0.25, 0.3) is 5.91 Å². The molecule has 0 bridgehead atoms. The van der Waals surface area contributed by atoms with Gasteiger partial charge in [-0.25, -0.2) is 4.98 Å². The van der Waals surface area contributed by atoms with Gasteiger partial charge in [0.1, 0.15) is 12.4 Å². The lowest BCUT2D eigenvalue weighted by atomic mass is 10.0. The molecule has 0 aliphatic rings. The van der Waals surface area contributed by atoms with E-state index in [1.54, 1.807) is 24.3 Å². The molecule has 0 radical (unpaired) electrons. The van der Waals surface area contributed by atoms with Gasteiger partial charge >= 0.3 is 0 Å². The smallest absolute Gasteiger partial charge is 0.252 e. The minimum absolute atomic E-state index is 0.145. The van der Waals surface area contributed by atoms with Crippen molar-refractivity contribution >= 4 is 28.4 Å². The summed E-state index contributed by atoms with van der Waals surface area (Å²) in [4.78, 5) is 28.9. The van der Waals surface area contributed by atoms with E-state index in [-0.39, 0.29) is 11.8 Å². The first kappa shape index (κ1) is 21.1. The number of fused-ring (bicyclic) bond motifs is 1. The third kappa shape index (κ3) is 5.10. The normalized spacial score (nSPS) is 10.5. The van der Waals surface area contributed by atoms with Crippen molar-refractivity contribution in [1.29, 1.82) is 0 Å². The second kappa shape index (κ2) is 9.75. The molecule has 0 saturated heterocycles. The van der Waals surface area contributed by atoms with Crippen molar-refractivity contribution < 1.29 is 14.3 Å². The van der Waals surface area contributed by atoms with Gasteiger partial charge in [0.2, 0.25) is 5.91 Å². The van der Waals surface area contributed by atoms with Crippen LogP contribution in [0.15, 0.2) is 84.9 Å². The number of hydrogen-bond acceptors (Lipinski definition) is 4. The third-order valence-corrected chi connectivity index (χ3v) is 4.84. The first-order valence-electron chi connectivity index (χ1n) is 10.3. The van der Waals surface area contributed by atoms with Crippen LogP contribution in [-0.2, 0) is 4.79 Å². The molecule has 0 spiro atoms. The number of aromatic nitrogens is 1. The molecule has 0 atom stereocenters. The molecule has 4 aromatic rings. The molecule has 6 nitrogen and oxygen atoms in total. The number of amides is 2. The molecule has 3 aromatic carbocycles. The van der Waals surface area contributed by atoms with Crippen LogP contribution in [0.3, 0.4) is 0 Å². The number of carbonyl (C=O) groups is 2. The lowest BCUT2D eigenvalue weighted by Gasteiger charge is -2.12. The summed E-state index contributed by atoms with van der Waals surface area (Å²) in [7, 11) is 0. The Morgan fingerprint density at radius 3 is 2.50 bits per heavy atom. The molecule has 2 amide bonds. The second-order valence-corrected chi connectivity index (χ2v) is 7.25. The predicted octanol–water partition coefficient (Wildman–Crippen LogP) is 4.67. The van der Waals surface area contributed by atoms with Crippen LogP contribution in [0.25, 0.3) is 22.2 Å². The van der Waals surface area contributed by atoms with E-state index in [2.05, 4.69) is 10.6 Å². The van der Waals surface area contributed by atoms with Crippen molar-refractivity contribution in [3.8, 4) is 17.0 Å². The minimum atomic E-state index is -0.184. The SMILES string of the molecule is CC(=O)Nc1cccc(OCCNC(=O)c2cc(-c3ccccc3)nc3ccccc23)c1. The Morgan fingerprint density at radius 2 is 1.69 bits per heavy atom. The van der Waals surface area contributed by atoms with Crippen LogP contribution < -0.4 is 15.4 Å². The molecule has 0 aliphatic carbocycles. The van der Waals surface area contributed by atoms with E-state index in [1.807, 2.05) is 60.7 Å². The molecule has 0 aliphatic heterocycles. The average Bonchev–Trinajstić information content (AvgIpc) is 2.81. The highest BCUT2D eigenvalue weighted by Gasteiger charge is 2.13. The fourth-order valence-corrected chi connectivity index (χ4v) is 3.42. The van der Waals surface area contributed by atoms with Crippen LogP contribution in [0.5, 0.6) is 5.75 Å². The monoisotopic (exact) mass is 425 g/mol. The van der Waals surface area contributed by atoms with Gasteiger partial charge in [-0.05, 0) is 24.3 Å². The fraction of sp³-hybridized carbons (Fsp3) is 0.115. The zero-order valence-electron chi connectivity index (χ0n) is 17.7. The second-order valence-electron chi connectivity index (χ2n) is 7.25. The number of carbonyl (C=O) groups excluding carboxylic acids is 2. The first-order chi connectivity index (χ1) is 15.6. The molecule has 160 valence electrons. The van der Waals surface area contributed by atoms with Gasteiger partial charge in [0.15, 0.2) is 0 Å². The summed E-state index contributed by atoms with van der Waals surface area (Å²) in [6, 6.07) is 26.4. The van der Waals surface area contributed by atoms with Crippen LogP contribution in [0, 0.1) is 0 Å². The van der Waals surface area contributed by atoms with Gasteiger partial charge in [0.05, 0.1) is 23.3 Å². The van der Waals surface area contributed by atoms with E-state index in [0.29, 0.717) is 30.2 Å². The summed E-state index contributed by atoms with van der Waals surface area (Å²) in [5.41, 5.74) is 3.71. The van der Waals surface area contributed by atoms with Gasteiger partial charge in [-0.2, -0.15) is 0 Å². The highest BCUT2D eigenvalue weighted by Crippen LogP contribution is 2.24. The third-order valence-electron chi connectivity index (χ3n) is 4.84. The summed E-state index contributed by atoms with van der Waals surface area (Å²) in [5, 5.41) is 6.44. The largest absolute Gasteiger partial charge is 0.492 e. The standard InChI is InChI=1S/C26H23N3O3/c1-18(30)28-20-10-7-11-21(16-20)32-15-14-27-26(31)23-17-25(19-8-3-2-4-9-19)29-24-13-6-5-12-22(23)24/h2-13,16-17H,14-15H2,1H3,(H,27,31)(H,28,30). The Balaban J connectivity index is 1.45. The van der Waals surface area contributed by atoms with Gasteiger partial charge in [-0.3, -0.25) is 9.59 Å². The maximum absolute atomic E-state index is 13.0. The van der Waals surface area contributed by atoms with Gasteiger partial charge in [0, 0.05) is 29.6 Å². The van der Waals surface area contributed by atoms with Crippen molar-refractivity contribution in [2.45, 2.75) is 6.92 Å². The molecule has 6 heteroatoms. The number of ether oxygens (including phenoxy) is 1. The van der Waals surface area contributed by atoms with E-state index in [0.717, 1.165) is 22.2 Å². The summed E-state index contributed by atoms with van der Waals surface area (Å²) >= 11 is 0. The van der Waals surface area contributed by atoms with E-state index in [1.165, 1.54) is 6.92 Å². The van der Waals surface area contributed by atoms with Gasteiger partial charge in [-0.1, -0.05) is 54.6 Å². The minimum Gasteiger partial charge on any atom is -0.492 e. The Morgan fingerprint density at radius 1 is 0.906 bits per heavy atom. The molecule has 32 heavy (non-hydrogen) atoms. The van der Waals surface area contributed by atoms with Crippen LogP contribution >= 0.6 is 0 Å². The van der Waals surface area contributed by atoms with Crippen LogP contribution in [0.2, 0.25) is 0 Å². The number of hydrogen-bond donors (Lipinski definition) is 2. The number of nitrogens with zero attached hydrogens (tertiary/aromatic N) is 1. The summed E-state index contributed by atoms with van der Waals surface area (Å²) in [5.74, 6) is 0.288. The van der Waals surface area contributed by atoms with Gasteiger partial charge in [-0.15, -0.1) is 0 Å². The van der Waals surface area contributed by atoms with E-state index < -0.39 is 0 Å². The average molecular weight is 425 g/mol. The number of nitrogens with one attached hydrogen (secondary N) is 2. The summed E-state index contributed by atoms with van der Waals surface area (Å²) in [6.07, 6.45) is 0. The Hall–Kier alpha value is -4.19. The lowest BCUT2D eigenvalue weighted by molar-refractivity contribution is -0.114. The molecule has 4 rings (SSSR count). The topological polar surface area (TPSA) is 80.3 Å². The van der Waals surface area contributed by atoms with Crippen LogP contribution in [-0.4, -0.2) is 29.9 Å². The molecule has 0 fully saturated rings. The van der Waals surface area contributed by atoms with Gasteiger partial charge < -0.3 is 15.4 Å². The Bertz CT molecular complexity index is 1260. The zero-order valence-corrected chi connectivity index (χ0v) is 17.7. The summed E-state index contributed by atoms with van der Waals surface area (Å²) in [6.45, 7) is 2.08. The van der Waals surface area contributed by atoms with E-state index >= 15 is 0 Å².